The van der Waals surface area contributed by atoms with Crippen LogP contribution in [0.4, 0.5) is 10.5 Å². The standard InChI is InChI=1S/C15H21ClN2O2.HI/c1-18(2,3)9-11-8-12(11)10-20-15(19)17-14-6-4-13(16)5-7-14;/h4-7,11-12H,8-10H2,1-3H3;1H/t11-,12-;/m0./s1. The summed E-state index contributed by atoms with van der Waals surface area (Å²) in [7, 11) is 6.55. The van der Waals surface area contributed by atoms with Crippen LogP contribution in [-0.2, 0) is 4.74 Å². The van der Waals surface area contributed by atoms with Gasteiger partial charge in [-0.1, -0.05) is 11.6 Å². The molecular formula is C15H22ClIN2O2. The normalized spacial score (nSPS) is 20.4. The van der Waals surface area contributed by atoms with Crippen LogP contribution in [0.5, 0.6) is 0 Å². The third-order valence-electron chi connectivity index (χ3n) is 3.37. The van der Waals surface area contributed by atoms with E-state index in [1.807, 2.05) is 0 Å². The molecule has 2 atom stereocenters. The van der Waals surface area contributed by atoms with E-state index in [0.29, 0.717) is 29.2 Å². The first-order valence-corrected chi connectivity index (χ1v) is 7.21. The third kappa shape index (κ3) is 6.84. The number of carbonyl (C=O) groups is 1. The average molecular weight is 425 g/mol. The zero-order valence-electron chi connectivity index (χ0n) is 12.6. The van der Waals surface area contributed by atoms with Crippen LogP contribution in [0, 0.1) is 11.8 Å². The number of hydrogen-bond donors (Lipinski definition) is 1. The van der Waals surface area contributed by atoms with Crippen LogP contribution in [0.1, 0.15) is 6.42 Å². The molecule has 0 spiro atoms. The van der Waals surface area contributed by atoms with Gasteiger partial charge in [0.2, 0.25) is 0 Å². The van der Waals surface area contributed by atoms with E-state index < -0.39 is 6.09 Å². The number of rotatable bonds is 5. The van der Waals surface area contributed by atoms with Gasteiger partial charge in [0.05, 0.1) is 34.3 Å². The molecule has 1 aliphatic rings. The van der Waals surface area contributed by atoms with Crippen molar-refractivity contribution in [3.05, 3.63) is 29.3 Å². The van der Waals surface area contributed by atoms with Gasteiger partial charge in [0.15, 0.2) is 0 Å². The number of benzene rings is 1. The molecule has 1 aromatic carbocycles. The molecule has 0 saturated heterocycles. The first kappa shape index (κ1) is 18.5. The summed E-state index contributed by atoms with van der Waals surface area (Å²) in [6.07, 6.45) is 0.757. The molecule has 0 radical (unpaired) electrons. The zero-order valence-corrected chi connectivity index (χ0v) is 15.5. The molecule has 1 aromatic rings. The van der Waals surface area contributed by atoms with Gasteiger partial charge in [0, 0.05) is 22.5 Å². The van der Waals surface area contributed by atoms with Crippen molar-refractivity contribution in [1.29, 1.82) is 0 Å². The second-order valence-corrected chi connectivity index (χ2v) is 6.90. The Labute approximate surface area is 148 Å². The molecule has 1 N–H and O–H groups in total. The lowest BCUT2D eigenvalue weighted by atomic mass is 10.3. The van der Waals surface area contributed by atoms with E-state index in [-0.39, 0.29) is 24.0 Å². The van der Waals surface area contributed by atoms with Crippen molar-refractivity contribution in [2.75, 3.05) is 39.6 Å². The SMILES string of the molecule is C[N+](C)(C)C[C@@H]1C[C@H]1COC(=O)Nc1ccc(Cl)cc1.[I-]. The molecule has 21 heavy (non-hydrogen) atoms. The van der Waals surface area contributed by atoms with Gasteiger partial charge in [-0.25, -0.2) is 4.79 Å². The predicted octanol–water partition coefficient (Wildman–Crippen LogP) is 0.235. The van der Waals surface area contributed by atoms with Crippen molar-refractivity contribution in [3.8, 4) is 0 Å². The molecule has 0 bridgehead atoms. The molecule has 1 amide bonds. The summed E-state index contributed by atoms with van der Waals surface area (Å²) >= 11 is 5.78. The molecule has 0 aliphatic heterocycles. The summed E-state index contributed by atoms with van der Waals surface area (Å²) in [5.74, 6) is 1.20. The number of anilines is 1. The zero-order chi connectivity index (χ0) is 14.8. The number of halogens is 2. The van der Waals surface area contributed by atoms with E-state index in [1.165, 1.54) is 0 Å². The molecule has 1 fully saturated rings. The first-order valence-electron chi connectivity index (χ1n) is 6.83. The fourth-order valence-electron chi connectivity index (χ4n) is 2.31. The summed E-state index contributed by atoms with van der Waals surface area (Å²) in [5, 5.41) is 3.34. The lowest BCUT2D eigenvalue weighted by Gasteiger charge is -2.23. The van der Waals surface area contributed by atoms with Crippen LogP contribution < -0.4 is 29.3 Å². The number of quaternary nitrogens is 1. The van der Waals surface area contributed by atoms with Crippen molar-refractivity contribution < 1.29 is 38.0 Å². The lowest BCUT2D eigenvalue weighted by Crippen LogP contribution is -3.00. The predicted molar refractivity (Wildman–Crippen MR) is 80.9 cm³/mol. The van der Waals surface area contributed by atoms with Gasteiger partial charge in [0.1, 0.15) is 0 Å². The molecule has 0 unspecified atom stereocenters. The van der Waals surface area contributed by atoms with Crippen LogP contribution in [-0.4, -0.2) is 44.9 Å². The van der Waals surface area contributed by atoms with Gasteiger partial charge in [0.25, 0.3) is 0 Å². The van der Waals surface area contributed by atoms with Gasteiger partial charge in [-0.15, -0.1) is 0 Å². The number of nitrogens with zero attached hydrogens (tertiary/aromatic N) is 1. The minimum Gasteiger partial charge on any atom is -1.00 e. The van der Waals surface area contributed by atoms with Crippen LogP contribution in [0.25, 0.3) is 0 Å². The minimum atomic E-state index is -0.400. The van der Waals surface area contributed by atoms with Crippen LogP contribution in [0.2, 0.25) is 5.02 Å². The summed E-state index contributed by atoms with van der Waals surface area (Å²) in [6.45, 7) is 1.64. The minimum absolute atomic E-state index is 0. The molecule has 4 nitrogen and oxygen atoms in total. The molecule has 0 heterocycles. The van der Waals surface area contributed by atoms with Crippen molar-refractivity contribution in [2.24, 2.45) is 11.8 Å². The van der Waals surface area contributed by atoms with E-state index in [0.717, 1.165) is 17.4 Å². The maximum atomic E-state index is 11.7. The highest BCUT2D eigenvalue weighted by molar-refractivity contribution is 6.30. The monoisotopic (exact) mass is 424 g/mol. The first-order chi connectivity index (χ1) is 9.33. The summed E-state index contributed by atoms with van der Waals surface area (Å²) in [6, 6.07) is 6.96. The third-order valence-corrected chi connectivity index (χ3v) is 3.62. The molecule has 6 heteroatoms. The van der Waals surface area contributed by atoms with Gasteiger partial charge >= 0.3 is 6.09 Å². The molecule has 1 aliphatic carbocycles. The van der Waals surface area contributed by atoms with Gasteiger partial charge in [-0.3, -0.25) is 5.32 Å². The number of nitrogens with one attached hydrogen (secondary N) is 1. The molecular weight excluding hydrogens is 403 g/mol. The topological polar surface area (TPSA) is 38.3 Å². The fraction of sp³-hybridized carbons (Fsp3) is 0.533. The Kier molecular flexibility index (Phi) is 6.74. The van der Waals surface area contributed by atoms with Crippen molar-refractivity contribution in [3.63, 3.8) is 0 Å². The van der Waals surface area contributed by atoms with E-state index >= 15 is 0 Å². The van der Waals surface area contributed by atoms with Gasteiger partial charge in [-0.05, 0) is 30.7 Å². The van der Waals surface area contributed by atoms with Crippen molar-refractivity contribution >= 4 is 23.4 Å². The Morgan fingerprint density at radius 3 is 2.48 bits per heavy atom. The van der Waals surface area contributed by atoms with E-state index in [9.17, 15) is 4.79 Å². The highest BCUT2D eigenvalue weighted by Gasteiger charge is 2.41. The number of ether oxygens (including phenoxy) is 1. The molecule has 0 aromatic heterocycles. The Morgan fingerprint density at radius 1 is 1.29 bits per heavy atom. The van der Waals surface area contributed by atoms with E-state index in [2.05, 4.69) is 26.5 Å². The number of amides is 1. The van der Waals surface area contributed by atoms with Crippen molar-refractivity contribution in [2.45, 2.75) is 6.42 Å². The average Bonchev–Trinajstić information content (AvgIpc) is 3.05. The van der Waals surface area contributed by atoms with Crippen molar-refractivity contribution in [1.82, 2.24) is 0 Å². The Hall–Kier alpha value is -0.530. The number of carbonyl (C=O) groups excluding carboxylic acids is 1. The second-order valence-electron chi connectivity index (χ2n) is 6.46. The summed E-state index contributed by atoms with van der Waals surface area (Å²) < 4.78 is 6.21. The number of hydrogen-bond acceptors (Lipinski definition) is 2. The lowest BCUT2D eigenvalue weighted by molar-refractivity contribution is -0.872. The molecule has 1 saturated carbocycles. The van der Waals surface area contributed by atoms with Crippen LogP contribution in [0.15, 0.2) is 24.3 Å². The van der Waals surface area contributed by atoms with Gasteiger partial charge in [-0.2, -0.15) is 0 Å². The highest BCUT2D eigenvalue weighted by Crippen LogP contribution is 2.39. The van der Waals surface area contributed by atoms with E-state index in [1.54, 1.807) is 24.3 Å². The Morgan fingerprint density at radius 2 is 1.90 bits per heavy atom. The maximum Gasteiger partial charge on any atom is 0.411 e. The van der Waals surface area contributed by atoms with Gasteiger partial charge < -0.3 is 33.2 Å². The fourth-order valence-corrected chi connectivity index (χ4v) is 2.44. The largest absolute Gasteiger partial charge is 1.00 e. The Bertz CT molecular complexity index is 474. The molecule has 118 valence electrons. The van der Waals surface area contributed by atoms with E-state index in [4.69, 9.17) is 16.3 Å². The van der Waals surface area contributed by atoms with Crippen LogP contribution in [0.3, 0.4) is 0 Å². The smallest absolute Gasteiger partial charge is 0.411 e. The second kappa shape index (κ2) is 7.65. The molecule has 2 rings (SSSR count). The maximum absolute atomic E-state index is 11.7. The quantitative estimate of drug-likeness (QED) is 0.543. The summed E-state index contributed by atoms with van der Waals surface area (Å²) in [5.41, 5.74) is 0.693. The van der Waals surface area contributed by atoms with Crippen LogP contribution >= 0.6 is 11.6 Å². The highest BCUT2D eigenvalue weighted by atomic mass is 127. The summed E-state index contributed by atoms with van der Waals surface area (Å²) in [4.78, 5) is 11.7. The Balaban J connectivity index is 0.00000220.